The first-order valence-corrected chi connectivity index (χ1v) is 9.24. The maximum absolute atomic E-state index is 12.9. The molecule has 0 radical (unpaired) electrons. The molecule has 0 fully saturated rings. The molecule has 0 aromatic heterocycles. The Balaban J connectivity index is 1.70. The van der Waals surface area contributed by atoms with Crippen LogP contribution in [0.2, 0.25) is 0 Å². The van der Waals surface area contributed by atoms with Crippen LogP contribution >= 0.6 is 0 Å². The molecule has 0 saturated heterocycles. The van der Waals surface area contributed by atoms with E-state index in [2.05, 4.69) is 0 Å². The lowest BCUT2D eigenvalue weighted by Crippen LogP contribution is -2.03. The van der Waals surface area contributed by atoms with Crippen LogP contribution in [-0.2, 0) is 0 Å². The highest BCUT2D eigenvalue weighted by molar-refractivity contribution is 6.10. The highest BCUT2D eigenvalue weighted by Gasteiger charge is 2.15. The molecule has 0 bridgehead atoms. The van der Waals surface area contributed by atoms with Crippen molar-refractivity contribution >= 4 is 17.2 Å². The summed E-state index contributed by atoms with van der Waals surface area (Å²) in [7, 11) is 0. The molecule has 0 atom stereocenters. The number of nitrogen functional groups attached to an aromatic ring is 2. The molecule has 4 N–H and O–H groups in total. The third kappa shape index (κ3) is 3.82. The van der Waals surface area contributed by atoms with Crippen LogP contribution in [0.4, 0.5) is 11.4 Å². The SMILES string of the molecule is Nc1ccccc1-c1cc(Oc2ccccc2C(=O)c2ccccc2)ccc1N. The molecule has 0 unspecified atom stereocenters. The molecule has 0 aliphatic heterocycles. The summed E-state index contributed by atoms with van der Waals surface area (Å²) in [6.45, 7) is 0. The van der Waals surface area contributed by atoms with Crippen LogP contribution in [0.25, 0.3) is 11.1 Å². The van der Waals surface area contributed by atoms with Gasteiger partial charge < -0.3 is 16.2 Å². The number of hydrogen-bond donors (Lipinski definition) is 2. The van der Waals surface area contributed by atoms with E-state index in [1.807, 2.05) is 60.7 Å². The summed E-state index contributed by atoms with van der Waals surface area (Å²) < 4.78 is 6.09. The molecule has 0 aliphatic carbocycles. The van der Waals surface area contributed by atoms with Crippen molar-refractivity contribution in [3.05, 3.63) is 108 Å². The van der Waals surface area contributed by atoms with E-state index in [0.29, 0.717) is 34.0 Å². The first kappa shape index (κ1) is 18.3. The van der Waals surface area contributed by atoms with Crippen molar-refractivity contribution in [2.45, 2.75) is 0 Å². The second-order valence-electron chi connectivity index (χ2n) is 6.63. The predicted molar refractivity (Wildman–Crippen MR) is 117 cm³/mol. The zero-order chi connectivity index (χ0) is 20.2. The fraction of sp³-hybridized carbons (Fsp3) is 0. The Labute approximate surface area is 169 Å². The molecule has 142 valence electrons. The Bertz CT molecular complexity index is 1170. The Kier molecular flexibility index (Phi) is 4.99. The van der Waals surface area contributed by atoms with Crippen molar-refractivity contribution in [1.29, 1.82) is 0 Å². The quantitative estimate of drug-likeness (QED) is 0.352. The van der Waals surface area contributed by atoms with Crippen molar-refractivity contribution in [1.82, 2.24) is 0 Å². The number of anilines is 2. The van der Waals surface area contributed by atoms with Gasteiger partial charge in [-0.25, -0.2) is 0 Å². The van der Waals surface area contributed by atoms with Gasteiger partial charge in [0.1, 0.15) is 11.5 Å². The van der Waals surface area contributed by atoms with Gasteiger partial charge in [-0.2, -0.15) is 0 Å². The Morgan fingerprint density at radius 1 is 0.655 bits per heavy atom. The van der Waals surface area contributed by atoms with Gasteiger partial charge in [-0.05, 0) is 36.4 Å². The monoisotopic (exact) mass is 380 g/mol. The average Bonchev–Trinajstić information content (AvgIpc) is 2.76. The number of ether oxygens (including phenoxy) is 1. The van der Waals surface area contributed by atoms with Crippen LogP contribution in [0.3, 0.4) is 0 Å². The van der Waals surface area contributed by atoms with E-state index in [9.17, 15) is 4.79 Å². The summed E-state index contributed by atoms with van der Waals surface area (Å²) in [6, 6.07) is 29.3. The number of carbonyl (C=O) groups excluding carboxylic acids is 1. The van der Waals surface area contributed by atoms with E-state index in [1.54, 1.807) is 36.4 Å². The molecule has 29 heavy (non-hydrogen) atoms. The molecule has 0 saturated carbocycles. The number of ketones is 1. The van der Waals surface area contributed by atoms with Crippen molar-refractivity contribution in [2.75, 3.05) is 11.5 Å². The zero-order valence-corrected chi connectivity index (χ0v) is 15.7. The highest BCUT2D eigenvalue weighted by atomic mass is 16.5. The van der Waals surface area contributed by atoms with Crippen molar-refractivity contribution in [2.24, 2.45) is 0 Å². The van der Waals surface area contributed by atoms with E-state index >= 15 is 0 Å². The molecular formula is C25H20N2O2. The average molecular weight is 380 g/mol. The van der Waals surface area contributed by atoms with Gasteiger partial charge in [-0.1, -0.05) is 60.7 Å². The molecule has 0 heterocycles. The van der Waals surface area contributed by atoms with Gasteiger partial charge in [0, 0.05) is 28.1 Å². The standard InChI is InChI=1S/C25H20N2O2/c26-22-12-6-4-10-19(22)21-16-18(14-15-23(21)27)29-24-13-7-5-11-20(24)25(28)17-8-2-1-3-9-17/h1-16H,26-27H2. The fourth-order valence-electron chi connectivity index (χ4n) is 3.19. The molecule has 4 nitrogen and oxygen atoms in total. The molecular weight excluding hydrogens is 360 g/mol. The third-order valence-electron chi connectivity index (χ3n) is 4.67. The summed E-state index contributed by atoms with van der Waals surface area (Å²) in [5, 5.41) is 0. The van der Waals surface area contributed by atoms with Crippen LogP contribution in [0.5, 0.6) is 11.5 Å². The maximum atomic E-state index is 12.9. The van der Waals surface area contributed by atoms with Crippen LogP contribution in [0.15, 0.2) is 97.1 Å². The third-order valence-corrected chi connectivity index (χ3v) is 4.67. The van der Waals surface area contributed by atoms with Crippen LogP contribution < -0.4 is 16.2 Å². The zero-order valence-electron chi connectivity index (χ0n) is 15.7. The summed E-state index contributed by atoms with van der Waals surface area (Å²) in [4.78, 5) is 12.9. The fourth-order valence-corrected chi connectivity index (χ4v) is 3.19. The second-order valence-corrected chi connectivity index (χ2v) is 6.63. The number of rotatable bonds is 5. The van der Waals surface area contributed by atoms with Gasteiger partial charge in [0.25, 0.3) is 0 Å². The molecule has 4 rings (SSSR count). The molecule has 4 aromatic rings. The Hall–Kier alpha value is -4.05. The molecule has 0 spiro atoms. The van der Waals surface area contributed by atoms with Gasteiger partial charge in [0.2, 0.25) is 0 Å². The Morgan fingerprint density at radius 2 is 1.31 bits per heavy atom. The van der Waals surface area contributed by atoms with Gasteiger partial charge in [0.15, 0.2) is 5.78 Å². The summed E-state index contributed by atoms with van der Waals surface area (Å²) in [6.07, 6.45) is 0. The minimum atomic E-state index is -0.0934. The number of carbonyl (C=O) groups is 1. The molecule has 0 aliphatic rings. The maximum Gasteiger partial charge on any atom is 0.196 e. The van der Waals surface area contributed by atoms with Crippen LogP contribution in [0.1, 0.15) is 15.9 Å². The second kappa shape index (κ2) is 7.90. The van der Waals surface area contributed by atoms with E-state index in [-0.39, 0.29) is 5.78 Å². The first-order chi connectivity index (χ1) is 14.1. The molecule has 4 heteroatoms. The Morgan fingerprint density at radius 3 is 2.10 bits per heavy atom. The topological polar surface area (TPSA) is 78.3 Å². The highest BCUT2D eigenvalue weighted by Crippen LogP contribution is 2.35. The van der Waals surface area contributed by atoms with Gasteiger partial charge in [0.05, 0.1) is 5.56 Å². The lowest BCUT2D eigenvalue weighted by atomic mass is 10.0. The lowest BCUT2D eigenvalue weighted by Gasteiger charge is -2.14. The first-order valence-electron chi connectivity index (χ1n) is 9.24. The van der Waals surface area contributed by atoms with E-state index < -0.39 is 0 Å². The lowest BCUT2D eigenvalue weighted by molar-refractivity contribution is 0.103. The van der Waals surface area contributed by atoms with Gasteiger partial charge in [-0.3, -0.25) is 4.79 Å². The predicted octanol–water partition coefficient (Wildman–Crippen LogP) is 5.54. The minimum Gasteiger partial charge on any atom is -0.457 e. The van der Waals surface area contributed by atoms with Gasteiger partial charge in [-0.15, -0.1) is 0 Å². The van der Waals surface area contributed by atoms with Crippen molar-refractivity contribution in [3.8, 4) is 22.6 Å². The summed E-state index contributed by atoms with van der Waals surface area (Å²) in [5.74, 6) is 0.966. The van der Waals surface area contributed by atoms with Gasteiger partial charge >= 0.3 is 0 Å². The number of benzene rings is 4. The summed E-state index contributed by atoms with van der Waals surface area (Å²) >= 11 is 0. The van der Waals surface area contributed by atoms with E-state index in [1.165, 1.54) is 0 Å². The number of nitrogens with two attached hydrogens (primary N) is 2. The van der Waals surface area contributed by atoms with E-state index in [0.717, 1.165) is 11.1 Å². The van der Waals surface area contributed by atoms with E-state index in [4.69, 9.17) is 16.2 Å². The normalized spacial score (nSPS) is 10.5. The van der Waals surface area contributed by atoms with Crippen LogP contribution in [0, 0.1) is 0 Å². The summed E-state index contributed by atoms with van der Waals surface area (Å²) in [5.41, 5.74) is 16.2. The molecule has 4 aromatic carbocycles. The van der Waals surface area contributed by atoms with Crippen molar-refractivity contribution in [3.63, 3.8) is 0 Å². The molecule has 0 amide bonds. The minimum absolute atomic E-state index is 0.0934. The van der Waals surface area contributed by atoms with Crippen LogP contribution in [-0.4, -0.2) is 5.78 Å². The number of hydrogen-bond acceptors (Lipinski definition) is 4. The smallest absolute Gasteiger partial charge is 0.196 e. The van der Waals surface area contributed by atoms with Crippen molar-refractivity contribution < 1.29 is 9.53 Å². The number of para-hydroxylation sites is 2. The largest absolute Gasteiger partial charge is 0.457 e.